The molecule has 2 bridgehead atoms. The molecule has 204 valence electrons. The molecule has 0 radical (unpaired) electrons. The van der Waals surface area contributed by atoms with E-state index in [1.165, 1.54) is 43.8 Å². The van der Waals surface area contributed by atoms with Crippen LogP contribution in [0.2, 0.25) is 5.02 Å². The van der Waals surface area contributed by atoms with Crippen LogP contribution in [0.15, 0.2) is 70.1 Å². The zero-order valence-electron chi connectivity index (χ0n) is 21.9. The number of aliphatic hydroxyl groups is 1. The summed E-state index contributed by atoms with van der Waals surface area (Å²) in [4.78, 5) is 6.05. The fourth-order valence-corrected chi connectivity index (χ4v) is 8.45. The molecule has 2 aromatic carbocycles. The van der Waals surface area contributed by atoms with Gasteiger partial charge in [0.25, 0.3) is 0 Å². The highest BCUT2D eigenvalue weighted by Gasteiger charge is 2.48. The number of hydrogen-bond acceptors (Lipinski definition) is 4. The third-order valence-electron chi connectivity index (χ3n) is 9.30. The largest absolute Gasteiger partial charge is 1.00 e. The van der Waals surface area contributed by atoms with Crippen molar-refractivity contribution in [3.8, 4) is 0 Å². The number of fused-ring (bicyclic) bond motifs is 3. The Morgan fingerprint density at radius 1 is 0.974 bits per heavy atom. The third-order valence-corrected chi connectivity index (χ3v) is 10.7. The molecule has 0 amide bonds. The number of quaternary nitrogens is 1. The van der Waals surface area contributed by atoms with Gasteiger partial charge in [-0.25, -0.2) is 4.98 Å². The number of benzene rings is 2. The van der Waals surface area contributed by atoms with Crippen LogP contribution >= 0.6 is 23.4 Å². The molecule has 1 N–H and O–H groups in total. The molecule has 0 spiro atoms. The highest BCUT2D eigenvalue weighted by atomic mass is 79.9. The number of nitrogens with zero attached hydrogens (tertiary/aromatic N) is 2. The van der Waals surface area contributed by atoms with Gasteiger partial charge in [-0.1, -0.05) is 61.2 Å². The van der Waals surface area contributed by atoms with E-state index in [2.05, 4.69) is 12.1 Å². The van der Waals surface area contributed by atoms with Crippen molar-refractivity contribution in [2.24, 2.45) is 17.8 Å². The molecule has 1 saturated carbocycles. The highest BCUT2D eigenvalue weighted by molar-refractivity contribution is 7.99. The van der Waals surface area contributed by atoms with E-state index < -0.39 is 5.60 Å². The minimum Gasteiger partial charge on any atom is -1.00 e. The average molecular weight is 618 g/mol. The molecule has 3 saturated heterocycles. The van der Waals surface area contributed by atoms with E-state index in [-0.39, 0.29) is 22.9 Å². The molecule has 7 heteroatoms. The predicted molar refractivity (Wildman–Crippen MR) is 149 cm³/mol. The molecular formula is C31H38BrClN2O2S. The van der Waals surface area contributed by atoms with Crippen LogP contribution in [-0.4, -0.2) is 40.0 Å². The van der Waals surface area contributed by atoms with Crippen molar-refractivity contribution in [2.75, 3.05) is 25.4 Å². The molecule has 4 aliphatic rings. The second-order valence-corrected chi connectivity index (χ2v) is 13.1. The monoisotopic (exact) mass is 616 g/mol. The van der Waals surface area contributed by atoms with Gasteiger partial charge in [0.15, 0.2) is 11.4 Å². The van der Waals surface area contributed by atoms with Gasteiger partial charge in [0.2, 0.25) is 5.89 Å². The van der Waals surface area contributed by atoms with Crippen LogP contribution in [0.4, 0.5) is 0 Å². The predicted octanol–water partition coefficient (Wildman–Crippen LogP) is 4.30. The first-order valence-corrected chi connectivity index (χ1v) is 15.4. The van der Waals surface area contributed by atoms with Crippen LogP contribution in [0.1, 0.15) is 62.2 Å². The molecule has 3 aliphatic heterocycles. The number of thioether (sulfide) groups is 1. The van der Waals surface area contributed by atoms with Gasteiger partial charge in [-0.05, 0) is 48.6 Å². The summed E-state index contributed by atoms with van der Waals surface area (Å²) in [6.07, 6.45) is 10.1. The van der Waals surface area contributed by atoms with E-state index in [4.69, 9.17) is 21.0 Å². The Labute approximate surface area is 246 Å². The van der Waals surface area contributed by atoms with Crippen molar-refractivity contribution in [1.82, 2.24) is 4.98 Å². The van der Waals surface area contributed by atoms with E-state index in [9.17, 15) is 5.11 Å². The molecule has 0 unspecified atom stereocenters. The summed E-state index contributed by atoms with van der Waals surface area (Å²) in [6, 6.07) is 18.3. The lowest BCUT2D eigenvalue weighted by Gasteiger charge is -2.52. The van der Waals surface area contributed by atoms with Gasteiger partial charge in [0, 0.05) is 40.3 Å². The van der Waals surface area contributed by atoms with E-state index in [1.54, 1.807) is 0 Å². The lowest BCUT2D eigenvalue weighted by molar-refractivity contribution is -0.959. The maximum Gasteiger partial charge on any atom is 0.231 e. The summed E-state index contributed by atoms with van der Waals surface area (Å²) in [7, 11) is 0. The average Bonchev–Trinajstić information content (AvgIpc) is 3.42. The summed E-state index contributed by atoms with van der Waals surface area (Å²) in [5, 5.41) is 13.0. The van der Waals surface area contributed by atoms with Crippen LogP contribution in [-0.2, 0) is 12.1 Å². The molecule has 4 fully saturated rings. The summed E-state index contributed by atoms with van der Waals surface area (Å²) in [5.74, 6) is 4.25. The third kappa shape index (κ3) is 5.76. The smallest absolute Gasteiger partial charge is 0.231 e. The van der Waals surface area contributed by atoms with E-state index in [1.807, 2.05) is 60.4 Å². The molecule has 1 aliphatic carbocycles. The fraction of sp³-hybridized carbons (Fsp3) is 0.516. The van der Waals surface area contributed by atoms with Gasteiger partial charge in [-0.2, -0.15) is 0 Å². The topological polar surface area (TPSA) is 46.3 Å². The van der Waals surface area contributed by atoms with Crippen LogP contribution < -0.4 is 17.0 Å². The molecule has 2 atom stereocenters. The van der Waals surface area contributed by atoms with Crippen LogP contribution in [0.5, 0.6) is 0 Å². The first-order chi connectivity index (χ1) is 18.0. The van der Waals surface area contributed by atoms with Crippen LogP contribution in [0.3, 0.4) is 0 Å². The number of aromatic nitrogens is 1. The van der Waals surface area contributed by atoms with Gasteiger partial charge in [0.05, 0.1) is 25.8 Å². The van der Waals surface area contributed by atoms with Crippen molar-refractivity contribution in [3.05, 3.63) is 83.0 Å². The summed E-state index contributed by atoms with van der Waals surface area (Å²) < 4.78 is 7.57. The summed E-state index contributed by atoms with van der Waals surface area (Å²) >= 11 is 8.04. The molecule has 4 nitrogen and oxygen atoms in total. The normalized spacial score (nSPS) is 27.0. The number of rotatable bonds is 8. The number of hydrogen-bond donors (Lipinski definition) is 1. The van der Waals surface area contributed by atoms with Crippen molar-refractivity contribution in [2.45, 2.75) is 62.0 Å². The minimum atomic E-state index is -1.16. The maximum atomic E-state index is 12.2. The second kappa shape index (κ2) is 12.1. The second-order valence-electron chi connectivity index (χ2n) is 11.6. The van der Waals surface area contributed by atoms with Gasteiger partial charge in [-0.3, -0.25) is 0 Å². The quantitative estimate of drug-likeness (QED) is 0.303. The Morgan fingerprint density at radius 2 is 1.68 bits per heavy atom. The van der Waals surface area contributed by atoms with E-state index in [0.717, 1.165) is 64.7 Å². The van der Waals surface area contributed by atoms with Gasteiger partial charge in [-0.15, -0.1) is 11.8 Å². The molecule has 1 aromatic heterocycles. The lowest BCUT2D eigenvalue weighted by atomic mass is 9.73. The molecule has 38 heavy (non-hydrogen) atoms. The first-order valence-electron chi connectivity index (χ1n) is 14.0. The zero-order chi connectivity index (χ0) is 25.3. The Hall–Kier alpha value is -1.31. The van der Waals surface area contributed by atoms with Crippen molar-refractivity contribution in [3.63, 3.8) is 0 Å². The number of oxazole rings is 1. The number of piperidine rings is 3. The zero-order valence-corrected chi connectivity index (χ0v) is 25.1. The van der Waals surface area contributed by atoms with Crippen molar-refractivity contribution in [1.29, 1.82) is 0 Å². The fourth-order valence-electron chi connectivity index (χ4n) is 7.22. The Balaban J connectivity index is 0.00000294. The van der Waals surface area contributed by atoms with Crippen LogP contribution in [0.25, 0.3) is 0 Å². The molecule has 3 aromatic rings. The first kappa shape index (κ1) is 28.2. The highest BCUT2D eigenvalue weighted by Crippen LogP contribution is 2.45. The lowest BCUT2D eigenvalue weighted by Crippen LogP contribution is -3.00. The Morgan fingerprint density at radius 3 is 2.39 bits per heavy atom. The van der Waals surface area contributed by atoms with Crippen molar-refractivity contribution >= 4 is 23.4 Å². The summed E-state index contributed by atoms with van der Waals surface area (Å²) in [6.45, 7) is 4.51. The van der Waals surface area contributed by atoms with Crippen LogP contribution in [0, 0.1) is 17.8 Å². The van der Waals surface area contributed by atoms with Crippen molar-refractivity contribution < 1.29 is 31.0 Å². The Bertz CT molecular complexity index is 1180. The van der Waals surface area contributed by atoms with Gasteiger partial charge < -0.3 is 31.0 Å². The van der Waals surface area contributed by atoms with Gasteiger partial charge >= 0.3 is 0 Å². The van der Waals surface area contributed by atoms with Gasteiger partial charge in [0.1, 0.15) is 6.54 Å². The molecular weight excluding hydrogens is 580 g/mol. The molecule has 4 heterocycles. The summed E-state index contributed by atoms with van der Waals surface area (Å²) in [5.41, 5.74) is -0.257. The van der Waals surface area contributed by atoms with E-state index >= 15 is 0 Å². The maximum absolute atomic E-state index is 12.2. The standard InChI is InChI=1S/C31H38ClN2O2S.BrH/c32-27-11-13-29(14-12-27)37-22-24-20-34(17-15-23(24)16-18-34)21-28-19-33-30(36-28)31(35,25-7-3-1-4-8-25)26-9-5-2-6-10-26;/h1,3-4,7-8,11-14,19,23-24,26,35H,2,5-6,9-10,15-18,20-22H2;1H/q+1;/p-1/t23?,24-,31+,34?;/m1./s1. The van der Waals surface area contributed by atoms with E-state index in [0.29, 0.717) is 11.8 Å². The SMILES string of the molecule is O[C@](c1ccccc1)(c1ncc(C[N+]23CCC(CC2)[C@@H](CSc2ccc(Cl)cc2)C3)o1)C1CCCCC1.[Br-]. The number of halogens is 2. The molecule has 7 rings (SSSR count). The Kier molecular flexibility index (Phi) is 8.95. The minimum absolute atomic E-state index is 0.